The van der Waals surface area contributed by atoms with Crippen LogP contribution in [0.15, 0.2) is 79.0 Å². The van der Waals surface area contributed by atoms with Crippen LogP contribution in [0, 0.1) is 11.3 Å². The van der Waals surface area contributed by atoms with Gasteiger partial charge in [-0.25, -0.2) is 4.79 Å². The van der Waals surface area contributed by atoms with Crippen LogP contribution in [0.2, 0.25) is 0 Å². The summed E-state index contributed by atoms with van der Waals surface area (Å²) < 4.78 is 10.1. The zero-order valence-corrected chi connectivity index (χ0v) is 18.3. The molecule has 1 heterocycles. The minimum absolute atomic E-state index is 0.109. The first-order valence-electron chi connectivity index (χ1n) is 10.4. The van der Waals surface area contributed by atoms with Crippen LogP contribution >= 0.6 is 0 Å². The van der Waals surface area contributed by atoms with Crippen molar-refractivity contribution < 1.29 is 19.1 Å². The van der Waals surface area contributed by atoms with Crippen molar-refractivity contribution in [1.29, 1.82) is 5.26 Å². The summed E-state index contributed by atoms with van der Waals surface area (Å²) in [6, 6.07) is 23.6. The van der Waals surface area contributed by atoms with Gasteiger partial charge >= 0.3 is 5.97 Å². The lowest BCUT2D eigenvalue weighted by Gasteiger charge is -2.40. The summed E-state index contributed by atoms with van der Waals surface area (Å²) in [5.41, 5.74) is 1.56. The van der Waals surface area contributed by atoms with Gasteiger partial charge in [-0.15, -0.1) is 0 Å². The highest BCUT2D eigenvalue weighted by atomic mass is 16.5. The predicted molar refractivity (Wildman–Crippen MR) is 123 cm³/mol. The van der Waals surface area contributed by atoms with E-state index in [1.807, 2.05) is 30.3 Å². The zero-order valence-electron chi connectivity index (χ0n) is 18.3. The Bertz CT molecular complexity index is 1270. The van der Waals surface area contributed by atoms with Crippen LogP contribution in [-0.2, 0) is 16.7 Å². The van der Waals surface area contributed by atoms with Gasteiger partial charge in [0.05, 0.1) is 25.9 Å². The van der Waals surface area contributed by atoms with Crippen molar-refractivity contribution in [2.45, 2.75) is 12.0 Å². The number of hydrogen-bond acceptors (Lipinski definition) is 5. The van der Waals surface area contributed by atoms with E-state index in [0.29, 0.717) is 28.0 Å². The maximum absolute atomic E-state index is 13.6. The van der Waals surface area contributed by atoms with Crippen molar-refractivity contribution in [2.75, 3.05) is 14.2 Å². The van der Waals surface area contributed by atoms with Crippen molar-refractivity contribution >= 4 is 18.0 Å². The first-order chi connectivity index (χ1) is 16.0. The number of carbonyl (C=O) groups is 2. The molecule has 6 heteroatoms. The van der Waals surface area contributed by atoms with E-state index in [0.717, 1.165) is 5.56 Å². The molecular weight excluding hydrogens is 416 g/mol. The second-order valence-corrected chi connectivity index (χ2v) is 7.60. The van der Waals surface area contributed by atoms with Gasteiger partial charge in [0.1, 0.15) is 5.75 Å². The monoisotopic (exact) mass is 438 g/mol. The average molecular weight is 438 g/mol. The third-order valence-corrected chi connectivity index (χ3v) is 5.83. The largest absolute Gasteiger partial charge is 0.497 e. The lowest BCUT2D eigenvalue weighted by molar-refractivity contribution is 0.0598. The summed E-state index contributed by atoms with van der Waals surface area (Å²) in [5, 5.41) is 10.6. The lowest BCUT2D eigenvalue weighted by Crippen LogP contribution is -2.49. The van der Waals surface area contributed by atoms with Crippen LogP contribution < -0.4 is 4.74 Å². The molecule has 0 aliphatic carbocycles. The summed E-state index contributed by atoms with van der Waals surface area (Å²) >= 11 is 0. The number of carbonyl (C=O) groups excluding carboxylic acids is 2. The van der Waals surface area contributed by atoms with E-state index in [4.69, 9.17) is 9.47 Å². The molecule has 0 radical (unpaired) electrons. The SMILES string of the molecule is COC(=O)c1ccccc1CC1(C#N)c2ccccc2C=CN1C(=O)c1ccc(OC)cc1. The average Bonchev–Trinajstić information content (AvgIpc) is 2.88. The van der Waals surface area contributed by atoms with Gasteiger partial charge in [-0.2, -0.15) is 5.26 Å². The molecule has 0 saturated carbocycles. The zero-order chi connectivity index (χ0) is 23.4. The fourth-order valence-electron chi connectivity index (χ4n) is 4.14. The van der Waals surface area contributed by atoms with E-state index >= 15 is 0 Å². The minimum atomic E-state index is -1.37. The Kier molecular flexibility index (Phi) is 5.97. The van der Waals surface area contributed by atoms with Gasteiger partial charge in [0.15, 0.2) is 5.54 Å². The van der Waals surface area contributed by atoms with Gasteiger partial charge < -0.3 is 9.47 Å². The Labute approximate surface area is 192 Å². The molecular formula is C27H22N2O4. The number of benzene rings is 3. The number of rotatable bonds is 5. The maximum atomic E-state index is 13.6. The molecule has 33 heavy (non-hydrogen) atoms. The van der Waals surface area contributed by atoms with E-state index in [1.54, 1.807) is 61.8 Å². The molecule has 0 spiro atoms. The summed E-state index contributed by atoms with van der Waals surface area (Å²) in [5.74, 6) is -0.198. The van der Waals surface area contributed by atoms with Gasteiger partial charge in [0.2, 0.25) is 0 Å². The topological polar surface area (TPSA) is 79.6 Å². The van der Waals surface area contributed by atoms with E-state index in [9.17, 15) is 14.9 Å². The van der Waals surface area contributed by atoms with Crippen LogP contribution in [0.1, 0.15) is 37.4 Å². The molecule has 0 N–H and O–H groups in total. The molecule has 1 aliphatic rings. The molecule has 1 unspecified atom stereocenters. The second kappa shape index (κ2) is 9.01. The second-order valence-electron chi connectivity index (χ2n) is 7.60. The molecule has 3 aromatic rings. The van der Waals surface area contributed by atoms with Crippen molar-refractivity contribution in [3.63, 3.8) is 0 Å². The molecule has 1 atom stereocenters. The van der Waals surface area contributed by atoms with Gasteiger partial charge in [-0.1, -0.05) is 42.5 Å². The molecule has 0 bridgehead atoms. The standard InChI is InChI=1S/C27H22N2O4/c1-32-22-13-11-20(12-14-22)25(30)29-16-15-19-7-4-6-10-24(19)27(29,18-28)17-21-8-3-5-9-23(21)26(31)33-2/h3-16H,17H2,1-2H3. The highest BCUT2D eigenvalue weighted by molar-refractivity contribution is 5.97. The van der Waals surface area contributed by atoms with E-state index < -0.39 is 11.5 Å². The maximum Gasteiger partial charge on any atom is 0.338 e. The normalized spacial score (nSPS) is 16.5. The molecule has 164 valence electrons. The summed E-state index contributed by atoms with van der Waals surface area (Å²) in [4.78, 5) is 27.5. The predicted octanol–water partition coefficient (Wildman–Crippen LogP) is 4.57. The summed E-state index contributed by atoms with van der Waals surface area (Å²) in [6.07, 6.45) is 3.56. The van der Waals surface area contributed by atoms with Crippen molar-refractivity contribution in [2.24, 2.45) is 0 Å². The van der Waals surface area contributed by atoms with Crippen LogP contribution in [0.5, 0.6) is 5.75 Å². The fourth-order valence-corrected chi connectivity index (χ4v) is 4.14. The number of amides is 1. The molecule has 0 fully saturated rings. The molecule has 1 aliphatic heterocycles. The molecule has 1 amide bonds. The number of nitriles is 1. The molecule has 0 saturated heterocycles. The quantitative estimate of drug-likeness (QED) is 0.545. The van der Waals surface area contributed by atoms with E-state index in [-0.39, 0.29) is 12.3 Å². The van der Waals surface area contributed by atoms with Crippen LogP contribution in [0.3, 0.4) is 0 Å². The number of ether oxygens (including phenoxy) is 2. The Balaban J connectivity index is 1.86. The fraction of sp³-hybridized carbons (Fsp3) is 0.148. The number of esters is 1. The summed E-state index contributed by atoms with van der Waals surface area (Å²) in [7, 11) is 2.87. The van der Waals surface area contributed by atoms with E-state index in [2.05, 4.69) is 6.07 Å². The number of methoxy groups -OCH3 is 2. The third kappa shape index (κ3) is 3.85. The molecule has 0 aromatic heterocycles. The van der Waals surface area contributed by atoms with Crippen molar-refractivity contribution in [3.05, 3.63) is 107 Å². The molecule has 6 nitrogen and oxygen atoms in total. The minimum Gasteiger partial charge on any atom is -0.497 e. The third-order valence-electron chi connectivity index (χ3n) is 5.83. The number of nitrogens with zero attached hydrogens (tertiary/aromatic N) is 2. The number of fused-ring (bicyclic) bond motifs is 1. The first-order valence-corrected chi connectivity index (χ1v) is 10.4. The highest BCUT2D eigenvalue weighted by Crippen LogP contribution is 2.40. The molecule has 3 aromatic carbocycles. The van der Waals surface area contributed by atoms with Gasteiger partial charge in [-0.05, 0) is 53.1 Å². The van der Waals surface area contributed by atoms with Crippen molar-refractivity contribution in [1.82, 2.24) is 4.90 Å². The Morgan fingerprint density at radius 2 is 1.67 bits per heavy atom. The van der Waals surface area contributed by atoms with E-state index in [1.165, 1.54) is 12.0 Å². The van der Waals surface area contributed by atoms with Crippen LogP contribution in [0.25, 0.3) is 6.08 Å². The van der Waals surface area contributed by atoms with Gasteiger partial charge in [-0.3, -0.25) is 9.69 Å². The van der Waals surface area contributed by atoms with Crippen LogP contribution in [-0.4, -0.2) is 31.0 Å². The molecule has 4 rings (SSSR count). The lowest BCUT2D eigenvalue weighted by atomic mass is 9.78. The number of hydrogen-bond donors (Lipinski definition) is 0. The summed E-state index contributed by atoms with van der Waals surface area (Å²) in [6.45, 7) is 0. The van der Waals surface area contributed by atoms with Crippen LogP contribution in [0.4, 0.5) is 0 Å². The smallest absolute Gasteiger partial charge is 0.338 e. The van der Waals surface area contributed by atoms with Crippen molar-refractivity contribution in [3.8, 4) is 11.8 Å². The Morgan fingerprint density at radius 3 is 2.36 bits per heavy atom. The van der Waals surface area contributed by atoms with Gasteiger partial charge in [0, 0.05) is 18.2 Å². The Morgan fingerprint density at radius 1 is 0.970 bits per heavy atom. The highest BCUT2D eigenvalue weighted by Gasteiger charge is 2.45. The first kappa shape index (κ1) is 21.8. The Hall–Kier alpha value is -4.37. The van der Waals surface area contributed by atoms with Gasteiger partial charge in [0.25, 0.3) is 5.91 Å².